The zero-order valence-corrected chi connectivity index (χ0v) is 10.7. The van der Waals surface area contributed by atoms with Gasteiger partial charge >= 0.3 is 0 Å². The fraction of sp³-hybridized carbons (Fsp3) is 0.462. The first-order valence-electron chi connectivity index (χ1n) is 5.49. The van der Waals surface area contributed by atoms with Gasteiger partial charge in [-0.25, -0.2) is 0 Å². The number of hydrogen-bond donors (Lipinski definition) is 1. The van der Waals surface area contributed by atoms with Gasteiger partial charge in [-0.1, -0.05) is 25.4 Å². The molecule has 0 aliphatic rings. The molecule has 86 valence electrons. The van der Waals surface area contributed by atoms with Crippen LogP contribution in [-0.2, 0) is 0 Å². The van der Waals surface area contributed by atoms with E-state index in [1.807, 2.05) is 6.07 Å². The molecule has 0 saturated heterocycles. The normalized spacial score (nSPS) is 12.2. The van der Waals surface area contributed by atoms with Crippen molar-refractivity contribution in [3.8, 4) is 6.07 Å². The van der Waals surface area contributed by atoms with E-state index in [9.17, 15) is 0 Å². The molecule has 0 saturated carbocycles. The van der Waals surface area contributed by atoms with Gasteiger partial charge in [0.1, 0.15) is 6.07 Å². The number of nitriles is 1. The highest BCUT2D eigenvalue weighted by Gasteiger charge is 2.06. The molecule has 1 aromatic rings. The molecule has 2 nitrogen and oxygen atoms in total. The van der Waals surface area contributed by atoms with Crippen LogP contribution in [0.15, 0.2) is 18.2 Å². The quantitative estimate of drug-likeness (QED) is 0.856. The van der Waals surface area contributed by atoms with Gasteiger partial charge in [-0.3, -0.25) is 0 Å². The standard InChI is InChI=1S/C13H17ClN2/c1-9(2)6-10(3)16-12-4-5-13(14)11(7-12)8-15/h4-5,7,9-10,16H,6H2,1-3H3. The Morgan fingerprint density at radius 2 is 2.06 bits per heavy atom. The zero-order valence-electron chi connectivity index (χ0n) is 9.92. The number of benzene rings is 1. The van der Waals surface area contributed by atoms with Gasteiger partial charge in [-0.15, -0.1) is 0 Å². The van der Waals surface area contributed by atoms with E-state index in [1.54, 1.807) is 12.1 Å². The Kier molecular flexibility index (Phi) is 4.64. The zero-order chi connectivity index (χ0) is 12.1. The molecule has 0 aliphatic heterocycles. The van der Waals surface area contributed by atoms with E-state index in [2.05, 4.69) is 32.2 Å². The first-order chi connectivity index (χ1) is 7.52. The van der Waals surface area contributed by atoms with Gasteiger partial charge in [0, 0.05) is 11.7 Å². The Bertz CT molecular complexity index is 393. The molecule has 16 heavy (non-hydrogen) atoms. The topological polar surface area (TPSA) is 35.8 Å². The number of anilines is 1. The van der Waals surface area contributed by atoms with Crippen LogP contribution in [0.5, 0.6) is 0 Å². The van der Waals surface area contributed by atoms with E-state index < -0.39 is 0 Å². The molecule has 0 amide bonds. The fourth-order valence-electron chi connectivity index (χ4n) is 1.75. The highest BCUT2D eigenvalue weighted by atomic mass is 35.5. The molecule has 1 N–H and O–H groups in total. The van der Waals surface area contributed by atoms with Crippen molar-refractivity contribution < 1.29 is 0 Å². The molecule has 0 aliphatic carbocycles. The van der Waals surface area contributed by atoms with Crippen molar-refractivity contribution in [2.45, 2.75) is 33.2 Å². The number of rotatable bonds is 4. The number of nitrogens with zero attached hydrogens (tertiary/aromatic N) is 1. The van der Waals surface area contributed by atoms with Gasteiger partial charge in [0.05, 0.1) is 10.6 Å². The third kappa shape index (κ3) is 3.75. The highest BCUT2D eigenvalue weighted by molar-refractivity contribution is 6.31. The van der Waals surface area contributed by atoms with E-state index in [-0.39, 0.29) is 0 Å². The minimum absolute atomic E-state index is 0.396. The molecule has 0 bridgehead atoms. The lowest BCUT2D eigenvalue weighted by molar-refractivity contribution is 0.540. The van der Waals surface area contributed by atoms with Crippen molar-refractivity contribution in [1.82, 2.24) is 0 Å². The molecule has 0 aromatic heterocycles. The van der Waals surface area contributed by atoms with Crippen LogP contribution in [0.25, 0.3) is 0 Å². The highest BCUT2D eigenvalue weighted by Crippen LogP contribution is 2.21. The second-order valence-corrected chi connectivity index (χ2v) is 4.89. The summed E-state index contributed by atoms with van der Waals surface area (Å²) >= 11 is 5.87. The van der Waals surface area contributed by atoms with E-state index in [0.717, 1.165) is 12.1 Å². The van der Waals surface area contributed by atoms with Gasteiger partial charge in [0.2, 0.25) is 0 Å². The lowest BCUT2D eigenvalue weighted by Crippen LogP contribution is -2.17. The maximum atomic E-state index is 8.86. The van der Waals surface area contributed by atoms with Gasteiger partial charge in [-0.2, -0.15) is 5.26 Å². The summed E-state index contributed by atoms with van der Waals surface area (Å²) in [6.07, 6.45) is 1.10. The predicted molar refractivity (Wildman–Crippen MR) is 68.7 cm³/mol. The molecule has 0 radical (unpaired) electrons. The molecule has 1 rings (SSSR count). The Balaban J connectivity index is 2.71. The van der Waals surface area contributed by atoms with Crippen molar-refractivity contribution in [2.75, 3.05) is 5.32 Å². The second kappa shape index (κ2) is 5.77. The molecular weight excluding hydrogens is 220 g/mol. The smallest absolute Gasteiger partial charge is 0.101 e. The Labute approximate surface area is 102 Å². The largest absolute Gasteiger partial charge is 0.383 e. The van der Waals surface area contributed by atoms with E-state index in [4.69, 9.17) is 16.9 Å². The van der Waals surface area contributed by atoms with Gasteiger partial charge in [0.25, 0.3) is 0 Å². The summed E-state index contributed by atoms with van der Waals surface area (Å²) in [5.41, 5.74) is 1.47. The molecule has 1 aromatic carbocycles. The summed E-state index contributed by atoms with van der Waals surface area (Å²) in [5.74, 6) is 0.658. The first kappa shape index (κ1) is 12.9. The van der Waals surface area contributed by atoms with E-state index in [1.165, 1.54) is 0 Å². The van der Waals surface area contributed by atoms with Crippen LogP contribution in [0.2, 0.25) is 5.02 Å². The Morgan fingerprint density at radius 1 is 1.38 bits per heavy atom. The van der Waals surface area contributed by atoms with Gasteiger partial charge in [-0.05, 0) is 37.5 Å². The molecule has 1 unspecified atom stereocenters. The maximum Gasteiger partial charge on any atom is 0.101 e. The van der Waals surface area contributed by atoms with Crippen molar-refractivity contribution in [1.29, 1.82) is 5.26 Å². The minimum Gasteiger partial charge on any atom is -0.383 e. The predicted octanol–water partition coefficient (Wildman–Crippen LogP) is 4.06. The molecule has 0 spiro atoms. The van der Waals surface area contributed by atoms with Crippen molar-refractivity contribution in [3.05, 3.63) is 28.8 Å². The SMILES string of the molecule is CC(C)CC(C)Nc1ccc(Cl)c(C#N)c1. The lowest BCUT2D eigenvalue weighted by Gasteiger charge is -2.17. The molecule has 3 heteroatoms. The first-order valence-corrected chi connectivity index (χ1v) is 5.87. The van der Waals surface area contributed by atoms with Crippen LogP contribution >= 0.6 is 11.6 Å². The monoisotopic (exact) mass is 236 g/mol. The molecule has 0 fully saturated rings. The van der Waals surface area contributed by atoms with Crippen molar-refractivity contribution in [3.63, 3.8) is 0 Å². The summed E-state index contributed by atoms with van der Waals surface area (Å²) in [7, 11) is 0. The van der Waals surface area contributed by atoms with Crippen LogP contribution in [0, 0.1) is 17.2 Å². The fourth-order valence-corrected chi connectivity index (χ4v) is 1.91. The minimum atomic E-state index is 0.396. The van der Waals surface area contributed by atoms with Crippen LogP contribution in [0.3, 0.4) is 0 Å². The Morgan fingerprint density at radius 3 is 2.62 bits per heavy atom. The number of nitrogens with one attached hydrogen (secondary N) is 1. The van der Waals surface area contributed by atoms with Crippen molar-refractivity contribution >= 4 is 17.3 Å². The molecule has 1 atom stereocenters. The van der Waals surface area contributed by atoms with Crippen molar-refractivity contribution in [2.24, 2.45) is 5.92 Å². The maximum absolute atomic E-state index is 8.86. The summed E-state index contributed by atoms with van der Waals surface area (Å²) < 4.78 is 0. The average molecular weight is 237 g/mol. The van der Waals surface area contributed by atoms with Crippen LogP contribution in [0.4, 0.5) is 5.69 Å². The number of hydrogen-bond acceptors (Lipinski definition) is 2. The van der Waals surface area contributed by atoms with Crippen LogP contribution in [0.1, 0.15) is 32.8 Å². The van der Waals surface area contributed by atoms with Crippen LogP contribution in [-0.4, -0.2) is 6.04 Å². The lowest BCUT2D eigenvalue weighted by atomic mass is 10.0. The number of halogens is 1. The Hall–Kier alpha value is -1.20. The third-order valence-corrected chi connectivity index (χ3v) is 2.65. The summed E-state index contributed by atoms with van der Waals surface area (Å²) in [6.45, 7) is 6.53. The van der Waals surface area contributed by atoms with E-state index >= 15 is 0 Å². The molecule has 0 heterocycles. The average Bonchev–Trinajstić information content (AvgIpc) is 2.19. The van der Waals surface area contributed by atoms with Gasteiger partial charge < -0.3 is 5.32 Å². The van der Waals surface area contributed by atoms with E-state index in [0.29, 0.717) is 22.5 Å². The summed E-state index contributed by atoms with van der Waals surface area (Å²) in [5, 5.41) is 12.7. The van der Waals surface area contributed by atoms with Gasteiger partial charge in [0.15, 0.2) is 0 Å². The second-order valence-electron chi connectivity index (χ2n) is 4.48. The molecular formula is C13H17ClN2. The summed E-state index contributed by atoms with van der Waals surface area (Å²) in [4.78, 5) is 0. The van der Waals surface area contributed by atoms with Crippen LogP contribution < -0.4 is 5.32 Å². The third-order valence-electron chi connectivity index (χ3n) is 2.32. The summed E-state index contributed by atoms with van der Waals surface area (Å²) in [6, 6.07) is 7.92.